The van der Waals surface area contributed by atoms with Crippen molar-refractivity contribution >= 4 is 47.0 Å². The lowest BCUT2D eigenvalue weighted by atomic mass is 10.1. The van der Waals surface area contributed by atoms with E-state index in [4.69, 9.17) is 14.5 Å². The monoisotopic (exact) mass is 595 g/mol. The highest BCUT2D eigenvalue weighted by atomic mass is 16.6. The third-order valence-electron chi connectivity index (χ3n) is 6.65. The molecule has 0 spiro atoms. The molecular formula is C34H37N5O5. The highest BCUT2D eigenvalue weighted by Crippen LogP contribution is 2.42. The zero-order valence-corrected chi connectivity index (χ0v) is 25.5. The van der Waals surface area contributed by atoms with Crippen LogP contribution in [0, 0.1) is 6.92 Å². The van der Waals surface area contributed by atoms with Gasteiger partial charge in [0.1, 0.15) is 17.3 Å². The van der Waals surface area contributed by atoms with E-state index in [2.05, 4.69) is 15.2 Å². The van der Waals surface area contributed by atoms with Crippen molar-refractivity contribution in [2.45, 2.75) is 40.7 Å². The van der Waals surface area contributed by atoms with E-state index >= 15 is 0 Å². The number of nitrogens with zero attached hydrogens (tertiary/aromatic N) is 4. The van der Waals surface area contributed by atoms with Crippen LogP contribution in [-0.2, 0) is 4.74 Å². The molecule has 4 aromatic rings. The molecule has 0 radical (unpaired) electrons. The van der Waals surface area contributed by atoms with E-state index in [1.165, 1.54) is 23.4 Å². The van der Waals surface area contributed by atoms with Crippen molar-refractivity contribution in [1.82, 2.24) is 4.98 Å². The Morgan fingerprint density at radius 2 is 1.61 bits per heavy atom. The van der Waals surface area contributed by atoms with E-state index in [1.54, 1.807) is 67.6 Å². The van der Waals surface area contributed by atoms with Gasteiger partial charge < -0.3 is 24.8 Å². The third-order valence-corrected chi connectivity index (χ3v) is 6.65. The highest BCUT2D eigenvalue weighted by Gasteiger charge is 2.28. The molecule has 0 saturated heterocycles. The lowest BCUT2D eigenvalue weighted by Crippen LogP contribution is -2.31. The van der Waals surface area contributed by atoms with E-state index < -0.39 is 12.0 Å². The number of para-hydroxylation sites is 1. The number of aliphatic imine (C=N–C) groups is 1. The zero-order chi connectivity index (χ0) is 31.6. The van der Waals surface area contributed by atoms with Gasteiger partial charge in [-0.1, -0.05) is 36.4 Å². The second-order valence-corrected chi connectivity index (χ2v) is 10.1. The molecule has 0 atom stereocenters. The van der Waals surface area contributed by atoms with Crippen LogP contribution < -0.4 is 19.9 Å². The quantitative estimate of drug-likeness (QED) is 0.104. The summed E-state index contributed by atoms with van der Waals surface area (Å²) in [6.45, 7) is 11.1. The van der Waals surface area contributed by atoms with Crippen molar-refractivity contribution in [3.05, 3.63) is 96.2 Å². The summed E-state index contributed by atoms with van der Waals surface area (Å²) in [4.78, 5) is 39.7. The molecule has 0 unspecified atom stereocenters. The van der Waals surface area contributed by atoms with Gasteiger partial charge in [0.15, 0.2) is 6.40 Å². The number of pyridine rings is 1. The van der Waals surface area contributed by atoms with E-state index in [9.17, 15) is 14.7 Å². The smallest absolute Gasteiger partial charge is 0.424 e. The minimum Gasteiger partial charge on any atom is -0.506 e. The molecule has 0 bridgehead atoms. The standard InChI is InChI=1S/C34H37N5O5/c1-6-38(7-2)32-19-18-29(24(5)36-32)39(34(42)44-26-16-12-9-13-17-26)30-20-28(37-33(41)25-14-10-8-11-15-25)31(40)21-27(30)35-22-43-23(3)4/h8-23,40H,6-7H2,1-5H3,(H,37,41). The van der Waals surface area contributed by atoms with E-state index in [0.29, 0.717) is 22.7 Å². The largest absolute Gasteiger partial charge is 0.506 e. The van der Waals surface area contributed by atoms with E-state index in [0.717, 1.165) is 18.9 Å². The molecule has 0 saturated carbocycles. The number of rotatable bonds is 11. The first-order valence-corrected chi connectivity index (χ1v) is 14.4. The molecule has 1 aromatic heterocycles. The minimum atomic E-state index is -0.746. The number of benzene rings is 3. The predicted molar refractivity (Wildman–Crippen MR) is 174 cm³/mol. The van der Waals surface area contributed by atoms with Crippen molar-refractivity contribution in [1.29, 1.82) is 0 Å². The predicted octanol–water partition coefficient (Wildman–Crippen LogP) is 7.62. The Hall–Kier alpha value is -5.38. The maximum atomic E-state index is 14.0. The van der Waals surface area contributed by atoms with Crippen molar-refractivity contribution < 1.29 is 24.2 Å². The summed E-state index contributed by atoms with van der Waals surface area (Å²) in [7, 11) is 0. The van der Waals surface area contributed by atoms with Crippen LogP contribution in [0.25, 0.3) is 0 Å². The second-order valence-electron chi connectivity index (χ2n) is 10.1. The van der Waals surface area contributed by atoms with Crippen molar-refractivity contribution in [3.8, 4) is 11.5 Å². The number of amides is 2. The number of hydrogen-bond donors (Lipinski definition) is 2. The number of phenolic OH excluding ortho intramolecular Hbond substituents is 1. The van der Waals surface area contributed by atoms with Gasteiger partial charge in [0, 0.05) is 24.7 Å². The number of anilines is 4. The normalized spacial score (nSPS) is 11.0. The topological polar surface area (TPSA) is 117 Å². The second kappa shape index (κ2) is 14.7. The number of nitrogens with one attached hydrogen (secondary N) is 1. The Kier molecular flexibility index (Phi) is 10.5. The molecule has 4 rings (SSSR count). The summed E-state index contributed by atoms with van der Waals surface area (Å²) in [5.41, 5.74) is 1.85. The van der Waals surface area contributed by atoms with Gasteiger partial charge in [-0.05, 0) is 77.1 Å². The minimum absolute atomic E-state index is 0.0699. The van der Waals surface area contributed by atoms with E-state index in [1.807, 2.05) is 39.8 Å². The molecule has 0 fully saturated rings. The van der Waals surface area contributed by atoms with Crippen LogP contribution in [0.4, 0.5) is 33.4 Å². The van der Waals surface area contributed by atoms with Crippen LogP contribution in [-0.4, -0.2) is 47.7 Å². The summed E-state index contributed by atoms with van der Waals surface area (Å²) in [5, 5.41) is 13.7. The number of carbonyl (C=O) groups is 2. The number of carbonyl (C=O) groups excluding carboxylic acids is 2. The summed E-state index contributed by atoms with van der Waals surface area (Å²) in [5.74, 6) is 0.402. The van der Waals surface area contributed by atoms with Crippen LogP contribution in [0.15, 0.2) is 89.9 Å². The summed E-state index contributed by atoms with van der Waals surface area (Å²) < 4.78 is 11.3. The van der Waals surface area contributed by atoms with Gasteiger partial charge >= 0.3 is 6.09 Å². The summed E-state index contributed by atoms with van der Waals surface area (Å²) in [6, 6.07) is 23.7. The number of aryl methyl sites for hydroxylation is 1. The highest BCUT2D eigenvalue weighted by molar-refractivity contribution is 6.07. The number of hydrogen-bond acceptors (Lipinski definition) is 8. The average Bonchev–Trinajstić information content (AvgIpc) is 3.01. The summed E-state index contributed by atoms with van der Waals surface area (Å²) >= 11 is 0. The Morgan fingerprint density at radius 3 is 2.23 bits per heavy atom. The summed E-state index contributed by atoms with van der Waals surface area (Å²) in [6.07, 6.45) is 0.350. The van der Waals surface area contributed by atoms with Gasteiger partial charge in [-0.3, -0.25) is 4.79 Å². The van der Waals surface area contributed by atoms with Crippen molar-refractivity contribution in [2.75, 3.05) is 28.2 Å². The fourth-order valence-electron chi connectivity index (χ4n) is 4.40. The fraction of sp³-hybridized carbons (Fsp3) is 0.235. The average molecular weight is 596 g/mol. The third kappa shape index (κ3) is 7.71. The first-order valence-electron chi connectivity index (χ1n) is 14.4. The van der Waals surface area contributed by atoms with E-state index in [-0.39, 0.29) is 28.9 Å². The van der Waals surface area contributed by atoms with Crippen LogP contribution in [0.2, 0.25) is 0 Å². The molecule has 44 heavy (non-hydrogen) atoms. The van der Waals surface area contributed by atoms with Crippen LogP contribution >= 0.6 is 0 Å². The van der Waals surface area contributed by atoms with Crippen LogP contribution in [0.1, 0.15) is 43.7 Å². The fourth-order valence-corrected chi connectivity index (χ4v) is 4.40. The van der Waals surface area contributed by atoms with Crippen molar-refractivity contribution in [2.24, 2.45) is 4.99 Å². The molecule has 10 nitrogen and oxygen atoms in total. The molecule has 2 amide bonds. The molecule has 0 aliphatic heterocycles. The number of phenols is 1. The molecule has 0 aliphatic carbocycles. The van der Waals surface area contributed by atoms with Crippen molar-refractivity contribution in [3.63, 3.8) is 0 Å². The molecule has 10 heteroatoms. The lowest BCUT2D eigenvalue weighted by molar-refractivity contribution is 0.102. The lowest BCUT2D eigenvalue weighted by Gasteiger charge is -2.27. The molecule has 1 heterocycles. The van der Waals surface area contributed by atoms with Crippen LogP contribution in [0.3, 0.4) is 0 Å². The zero-order valence-electron chi connectivity index (χ0n) is 25.5. The Bertz CT molecular complexity index is 1610. The maximum absolute atomic E-state index is 14.0. The Morgan fingerprint density at radius 1 is 0.955 bits per heavy atom. The molecular weight excluding hydrogens is 558 g/mol. The van der Waals surface area contributed by atoms with Gasteiger partial charge in [-0.25, -0.2) is 19.7 Å². The first kappa shape index (κ1) is 31.6. The number of ether oxygens (including phenoxy) is 2. The molecule has 3 aromatic carbocycles. The maximum Gasteiger partial charge on any atom is 0.424 e. The SMILES string of the molecule is CCN(CC)c1ccc(N(C(=O)Oc2ccccc2)c2cc(NC(=O)c3ccccc3)c(O)cc2N=COC(C)C)c(C)n1. The Labute approximate surface area is 257 Å². The van der Waals surface area contributed by atoms with Gasteiger partial charge in [-0.15, -0.1) is 0 Å². The molecule has 0 aliphatic rings. The molecule has 2 N–H and O–H groups in total. The Balaban J connectivity index is 1.88. The number of aromatic hydroxyl groups is 1. The van der Waals surface area contributed by atoms with Gasteiger partial charge in [-0.2, -0.15) is 0 Å². The van der Waals surface area contributed by atoms with Gasteiger partial charge in [0.25, 0.3) is 5.91 Å². The molecule has 228 valence electrons. The van der Waals surface area contributed by atoms with Gasteiger partial charge in [0.05, 0.1) is 34.5 Å². The van der Waals surface area contributed by atoms with Gasteiger partial charge in [0.2, 0.25) is 0 Å². The number of aromatic nitrogens is 1. The first-order chi connectivity index (χ1) is 21.2. The van der Waals surface area contributed by atoms with Crippen LogP contribution in [0.5, 0.6) is 11.5 Å².